The Morgan fingerprint density at radius 2 is 2.32 bits per heavy atom. The summed E-state index contributed by atoms with van der Waals surface area (Å²) in [6.45, 7) is 0.452. The third-order valence-corrected chi connectivity index (χ3v) is 3.56. The minimum atomic E-state index is -0.405. The van der Waals surface area contributed by atoms with Crippen LogP contribution < -0.4 is 16.6 Å². The molecular weight excluding hydrogens is 284 g/mol. The van der Waals surface area contributed by atoms with Gasteiger partial charge in [0.15, 0.2) is 11.2 Å². The molecular formula is C14H15N6O2. The molecule has 0 saturated carbocycles. The molecule has 22 heavy (non-hydrogen) atoms. The highest BCUT2D eigenvalue weighted by molar-refractivity contribution is 5.69. The summed E-state index contributed by atoms with van der Waals surface area (Å²) in [5.74, 6) is 0.0210. The molecule has 2 aromatic heterocycles. The topological polar surface area (TPSA) is 127 Å². The maximum absolute atomic E-state index is 11.8. The average molecular weight is 299 g/mol. The molecule has 113 valence electrons. The van der Waals surface area contributed by atoms with Crippen molar-refractivity contribution in [2.24, 2.45) is 5.92 Å². The Bertz CT molecular complexity index is 798. The Labute approximate surface area is 125 Å². The van der Waals surface area contributed by atoms with E-state index in [1.165, 1.54) is 0 Å². The third kappa shape index (κ3) is 2.95. The van der Waals surface area contributed by atoms with Gasteiger partial charge in [0, 0.05) is 11.6 Å². The first-order valence-electron chi connectivity index (χ1n) is 6.97. The van der Waals surface area contributed by atoms with Crippen LogP contribution in [0.5, 0.6) is 0 Å². The Balaban J connectivity index is 1.74. The lowest BCUT2D eigenvalue weighted by Gasteiger charge is -2.18. The number of hydrogen-bond acceptors (Lipinski definition) is 7. The Morgan fingerprint density at radius 1 is 1.45 bits per heavy atom. The van der Waals surface area contributed by atoms with Crippen molar-refractivity contribution in [3.05, 3.63) is 34.0 Å². The molecule has 0 bridgehead atoms. The molecule has 8 heteroatoms. The maximum Gasteiger partial charge on any atom is 0.280 e. The fourth-order valence-electron chi connectivity index (χ4n) is 2.36. The van der Waals surface area contributed by atoms with E-state index < -0.39 is 5.56 Å². The number of carbonyl (C=O) groups excluding carboxylic acids is 1. The number of nitrogens with two attached hydrogens (primary N) is 1. The number of nitrogen functional groups attached to an aromatic ring is 1. The molecule has 0 saturated heterocycles. The Hall–Kier alpha value is -2.77. The second kappa shape index (κ2) is 5.92. The Kier molecular flexibility index (Phi) is 3.82. The molecule has 0 fully saturated rings. The number of allylic oxidation sites excluding steroid dienone is 2. The highest BCUT2D eigenvalue weighted by Crippen LogP contribution is 2.20. The largest absolute Gasteiger partial charge is 0.383 e. The van der Waals surface area contributed by atoms with E-state index in [-0.39, 0.29) is 23.0 Å². The van der Waals surface area contributed by atoms with Crippen LogP contribution in [0.1, 0.15) is 25.0 Å². The van der Waals surface area contributed by atoms with Crippen molar-refractivity contribution in [3.63, 3.8) is 0 Å². The van der Waals surface area contributed by atoms with E-state index in [1.54, 1.807) is 6.20 Å². The van der Waals surface area contributed by atoms with Gasteiger partial charge in [0.1, 0.15) is 0 Å². The number of hydrogen-bond donors (Lipinski definition) is 3. The molecule has 0 aromatic carbocycles. The van der Waals surface area contributed by atoms with Gasteiger partial charge in [-0.25, -0.2) is 9.97 Å². The standard InChI is InChI=1S/C14H15N6O2/c15-14-19-12-11(13(22)20-14)18-10(6-17-12)5-16-9-3-1-8(7-21)2-4-9/h3,6,8,16H,1-2,4-5H2,(H3,15,17,19,20,22). The molecule has 1 atom stereocenters. The van der Waals surface area contributed by atoms with Crippen LogP contribution >= 0.6 is 0 Å². The zero-order valence-corrected chi connectivity index (χ0v) is 11.8. The lowest BCUT2D eigenvalue weighted by atomic mass is 9.94. The van der Waals surface area contributed by atoms with E-state index in [2.05, 4.69) is 25.3 Å². The number of fused-ring (bicyclic) bond motifs is 1. The first-order chi connectivity index (χ1) is 10.7. The van der Waals surface area contributed by atoms with E-state index >= 15 is 0 Å². The van der Waals surface area contributed by atoms with Gasteiger partial charge >= 0.3 is 0 Å². The first-order valence-corrected chi connectivity index (χ1v) is 6.97. The zero-order valence-electron chi connectivity index (χ0n) is 11.8. The van der Waals surface area contributed by atoms with Crippen LogP contribution in [0.15, 0.2) is 22.8 Å². The predicted octanol–water partition coefficient (Wildman–Crippen LogP) is 0.179. The normalized spacial score (nSPS) is 18.0. The molecule has 2 aromatic rings. The number of nitrogens with zero attached hydrogens (tertiary/aromatic N) is 3. The number of H-pyrrole nitrogens is 1. The molecule has 0 aliphatic heterocycles. The molecule has 2 heterocycles. The van der Waals surface area contributed by atoms with Crippen molar-refractivity contribution in [3.8, 4) is 0 Å². The minimum absolute atomic E-state index is 0.00102. The van der Waals surface area contributed by atoms with Gasteiger partial charge in [0.2, 0.25) is 12.2 Å². The fourth-order valence-corrected chi connectivity index (χ4v) is 2.36. The zero-order chi connectivity index (χ0) is 15.5. The second-order valence-corrected chi connectivity index (χ2v) is 5.16. The van der Waals surface area contributed by atoms with Gasteiger partial charge in [0.25, 0.3) is 5.56 Å². The summed E-state index contributed by atoms with van der Waals surface area (Å²) in [5, 5.41) is 3.25. The minimum Gasteiger partial charge on any atom is -0.383 e. The van der Waals surface area contributed by atoms with Crippen LogP contribution in [-0.4, -0.2) is 26.2 Å². The van der Waals surface area contributed by atoms with Gasteiger partial charge in [0.05, 0.1) is 18.4 Å². The molecule has 0 spiro atoms. The Morgan fingerprint density at radius 3 is 3.05 bits per heavy atom. The smallest absolute Gasteiger partial charge is 0.280 e. The van der Waals surface area contributed by atoms with Gasteiger partial charge in [-0.3, -0.25) is 14.6 Å². The molecule has 1 radical (unpaired) electrons. The SMILES string of the molecule is Nc1nc2ncc(CNC3=CCC([C]=O)CC3)nc2c(=O)[nH]1. The molecule has 1 unspecified atom stereocenters. The third-order valence-electron chi connectivity index (χ3n) is 3.56. The number of aromatic amines is 1. The van der Waals surface area contributed by atoms with Gasteiger partial charge in [-0.05, 0) is 19.3 Å². The summed E-state index contributed by atoms with van der Waals surface area (Å²) in [7, 11) is 0. The summed E-state index contributed by atoms with van der Waals surface area (Å²) < 4.78 is 0. The molecule has 1 aliphatic carbocycles. The van der Waals surface area contributed by atoms with Gasteiger partial charge in [-0.15, -0.1) is 0 Å². The predicted molar refractivity (Wildman–Crippen MR) is 80.3 cm³/mol. The van der Waals surface area contributed by atoms with Crippen molar-refractivity contribution in [2.75, 3.05) is 5.73 Å². The van der Waals surface area contributed by atoms with E-state index in [1.807, 2.05) is 12.4 Å². The van der Waals surface area contributed by atoms with Crippen LogP contribution in [0, 0.1) is 5.92 Å². The van der Waals surface area contributed by atoms with Crippen LogP contribution in [0.2, 0.25) is 0 Å². The quantitative estimate of drug-likeness (QED) is 0.734. The highest BCUT2D eigenvalue weighted by Gasteiger charge is 2.14. The van der Waals surface area contributed by atoms with Gasteiger partial charge in [-0.1, -0.05) is 6.08 Å². The monoisotopic (exact) mass is 299 g/mol. The van der Waals surface area contributed by atoms with Crippen LogP contribution in [0.4, 0.5) is 5.95 Å². The van der Waals surface area contributed by atoms with E-state index in [0.29, 0.717) is 18.7 Å². The van der Waals surface area contributed by atoms with Crippen molar-refractivity contribution in [1.29, 1.82) is 0 Å². The van der Waals surface area contributed by atoms with Gasteiger partial charge in [-0.2, -0.15) is 4.98 Å². The molecule has 3 rings (SSSR count). The fraction of sp³-hybridized carbons (Fsp3) is 0.357. The van der Waals surface area contributed by atoms with Crippen molar-refractivity contribution < 1.29 is 4.79 Å². The molecule has 0 amide bonds. The number of anilines is 1. The molecule has 1 aliphatic rings. The van der Waals surface area contributed by atoms with E-state index in [4.69, 9.17) is 5.73 Å². The van der Waals surface area contributed by atoms with Crippen molar-refractivity contribution in [1.82, 2.24) is 25.3 Å². The van der Waals surface area contributed by atoms with Crippen LogP contribution in [-0.2, 0) is 11.3 Å². The van der Waals surface area contributed by atoms with E-state index in [9.17, 15) is 9.59 Å². The van der Waals surface area contributed by atoms with Gasteiger partial charge < -0.3 is 11.1 Å². The summed E-state index contributed by atoms with van der Waals surface area (Å²) in [4.78, 5) is 37.1. The summed E-state index contributed by atoms with van der Waals surface area (Å²) >= 11 is 0. The number of rotatable bonds is 4. The van der Waals surface area contributed by atoms with E-state index in [0.717, 1.165) is 18.5 Å². The van der Waals surface area contributed by atoms with Crippen LogP contribution in [0.25, 0.3) is 11.2 Å². The first kappa shape index (κ1) is 14.2. The summed E-state index contributed by atoms with van der Waals surface area (Å²) in [6.07, 6.45) is 7.91. The highest BCUT2D eigenvalue weighted by atomic mass is 16.1. The maximum atomic E-state index is 11.8. The van der Waals surface area contributed by atoms with Crippen molar-refractivity contribution in [2.45, 2.75) is 25.8 Å². The number of nitrogens with one attached hydrogen (secondary N) is 2. The summed E-state index contributed by atoms with van der Waals surface area (Å²) in [6, 6.07) is 0. The second-order valence-electron chi connectivity index (χ2n) is 5.16. The lowest BCUT2D eigenvalue weighted by Crippen LogP contribution is -2.20. The number of aromatic nitrogens is 4. The van der Waals surface area contributed by atoms with Crippen molar-refractivity contribution >= 4 is 23.4 Å². The van der Waals surface area contributed by atoms with Crippen LogP contribution in [0.3, 0.4) is 0 Å². The summed E-state index contributed by atoms with van der Waals surface area (Å²) in [5.41, 5.74) is 7.15. The average Bonchev–Trinajstić information content (AvgIpc) is 2.53. The molecule has 8 nitrogen and oxygen atoms in total. The lowest BCUT2D eigenvalue weighted by molar-refractivity contribution is 0.491. The molecule has 4 N–H and O–H groups in total.